The van der Waals surface area contributed by atoms with E-state index >= 15 is 0 Å². The molecule has 3 heterocycles. The average molecular weight is 351 g/mol. The van der Waals surface area contributed by atoms with Gasteiger partial charge < -0.3 is 19.3 Å². The van der Waals surface area contributed by atoms with Gasteiger partial charge in [0.2, 0.25) is 0 Å². The molecular formula is C17H25N3O5. The molecule has 0 saturated carbocycles. The van der Waals surface area contributed by atoms with Crippen LogP contribution in [-0.4, -0.2) is 45.5 Å². The van der Waals surface area contributed by atoms with Gasteiger partial charge in [-0.2, -0.15) is 4.98 Å². The first-order valence-electron chi connectivity index (χ1n) is 8.90. The molecule has 3 rings (SSSR count). The number of rotatable bonds is 8. The molecule has 0 spiro atoms. The Morgan fingerprint density at radius 2 is 2.20 bits per heavy atom. The first-order valence-corrected chi connectivity index (χ1v) is 8.90. The standard InChI is InChI=1S/C17H25N3O5/c1-2-3-4-5-6-7-13(22)24-14-11(10-21)23-16-15(14)25-17-19-12(18)8-9-20(16)17/h8-9,11,14-16,18,21H,2-7,10H2,1H3/t11-,14+,15+,16-/m1/s1. The van der Waals surface area contributed by atoms with Crippen LogP contribution in [-0.2, 0) is 14.3 Å². The van der Waals surface area contributed by atoms with E-state index in [9.17, 15) is 9.90 Å². The molecular weight excluding hydrogens is 326 g/mol. The molecule has 0 unspecified atom stereocenters. The summed E-state index contributed by atoms with van der Waals surface area (Å²) in [6, 6.07) is 1.79. The number of carbonyl (C=O) groups excluding carboxylic acids is 1. The van der Waals surface area contributed by atoms with Gasteiger partial charge in [-0.15, -0.1) is 0 Å². The zero-order valence-corrected chi connectivity index (χ0v) is 14.4. The second-order valence-corrected chi connectivity index (χ2v) is 6.45. The summed E-state index contributed by atoms with van der Waals surface area (Å²) in [5, 5.41) is 17.1. The van der Waals surface area contributed by atoms with Crippen molar-refractivity contribution in [1.82, 2.24) is 9.55 Å². The smallest absolute Gasteiger partial charge is 0.306 e. The van der Waals surface area contributed by atoms with E-state index in [1.54, 1.807) is 10.8 Å². The van der Waals surface area contributed by atoms with Crippen LogP contribution in [0.1, 0.15) is 51.7 Å². The van der Waals surface area contributed by atoms with Gasteiger partial charge in [0.1, 0.15) is 6.10 Å². The highest BCUT2D eigenvalue weighted by molar-refractivity contribution is 5.69. The number of unbranched alkanes of at least 4 members (excludes halogenated alkanes) is 4. The normalized spacial score (nSPS) is 26.8. The van der Waals surface area contributed by atoms with Crippen molar-refractivity contribution in [1.29, 1.82) is 5.41 Å². The lowest BCUT2D eigenvalue weighted by Gasteiger charge is -2.20. The summed E-state index contributed by atoms with van der Waals surface area (Å²) in [5.74, 6) is -0.303. The van der Waals surface area contributed by atoms with Crippen LogP contribution >= 0.6 is 0 Å². The summed E-state index contributed by atoms with van der Waals surface area (Å²) in [5.41, 5.74) is 0.0885. The highest BCUT2D eigenvalue weighted by Gasteiger charge is 2.53. The number of esters is 1. The molecule has 0 amide bonds. The molecule has 2 aliphatic heterocycles. The zero-order valence-electron chi connectivity index (χ0n) is 14.4. The maximum atomic E-state index is 12.1. The van der Waals surface area contributed by atoms with E-state index in [1.165, 1.54) is 12.5 Å². The lowest BCUT2D eigenvalue weighted by Crippen LogP contribution is -2.39. The van der Waals surface area contributed by atoms with Crippen LogP contribution in [0.2, 0.25) is 0 Å². The van der Waals surface area contributed by atoms with Gasteiger partial charge in [0.05, 0.1) is 6.61 Å². The van der Waals surface area contributed by atoms with E-state index in [1.807, 2.05) is 0 Å². The Labute approximate surface area is 146 Å². The number of ether oxygens (including phenoxy) is 3. The van der Waals surface area contributed by atoms with Crippen LogP contribution in [0.4, 0.5) is 0 Å². The predicted molar refractivity (Wildman–Crippen MR) is 86.7 cm³/mol. The molecule has 25 heavy (non-hydrogen) atoms. The quantitative estimate of drug-likeness (QED) is 0.540. The molecule has 8 heteroatoms. The molecule has 1 aromatic heterocycles. The zero-order chi connectivity index (χ0) is 17.8. The minimum Gasteiger partial charge on any atom is -0.455 e. The van der Waals surface area contributed by atoms with E-state index in [0.717, 1.165) is 25.7 Å². The number of carbonyl (C=O) groups is 1. The van der Waals surface area contributed by atoms with Crippen LogP contribution < -0.4 is 10.2 Å². The lowest BCUT2D eigenvalue weighted by atomic mass is 10.1. The minimum absolute atomic E-state index is 0.0885. The van der Waals surface area contributed by atoms with Gasteiger partial charge in [-0.3, -0.25) is 14.8 Å². The monoisotopic (exact) mass is 351 g/mol. The largest absolute Gasteiger partial charge is 0.455 e. The Kier molecular flexibility index (Phi) is 5.70. The lowest BCUT2D eigenvalue weighted by molar-refractivity contribution is -0.156. The van der Waals surface area contributed by atoms with Crippen LogP contribution in [0.25, 0.3) is 0 Å². The molecule has 2 aliphatic rings. The van der Waals surface area contributed by atoms with Crippen molar-refractivity contribution in [3.63, 3.8) is 0 Å². The Morgan fingerprint density at radius 3 is 2.96 bits per heavy atom. The summed E-state index contributed by atoms with van der Waals surface area (Å²) in [6.45, 7) is 1.89. The van der Waals surface area contributed by atoms with E-state index in [2.05, 4.69) is 11.9 Å². The third kappa shape index (κ3) is 3.85. The molecule has 4 atom stereocenters. The second kappa shape index (κ2) is 7.97. The second-order valence-electron chi connectivity index (χ2n) is 6.45. The first kappa shape index (κ1) is 17.9. The van der Waals surface area contributed by atoms with Crippen LogP contribution in [0, 0.1) is 5.41 Å². The minimum atomic E-state index is -0.686. The average Bonchev–Trinajstić information content (AvgIpc) is 3.10. The van der Waals surface area contributed by atoms with Gasteiger partial charge in [0.15, 0.2) is 23.9 Å². The van der Waals surface area contributed by atoms with E-state index < -0.39 is 24.5 Å². The highest BCUT2D eigenvalue weighted by Crippen LogP contribution is 2.40. The van der Waals surface area contributed by atoms with Crippen molar-refractivity contribution in [2.45, 2.75) is 70.0 Å². The number of nitrogens with zero attached hydrogens (tertiary/aromatic N) is 2. The Morgan fingerprint density at radius 1 is 1.40 bits per heavy atom. The molecule has 1 saturated heterocycles. The van der Waals surface area contributed by atoms with E-state index in [4.69, 9.17) is 19.6 Å². The molecule has 0 radical (unpaired) electrons. The number of hydrogen-bond donors (Lipinski definition) is 2. The number of aliphatic hydroxyl groups excluding tert-OH is 1. The van der Waals surface area contributed by atoms with Crippen molar-refractivity contribution < 1.29 is 24.1 Å². The van der Waals surface area contributed by atoms with Crippen LogP contribution in [0.15, 0.2) is 12.3 Å². The number of fused-ring (bicyclic) bond motifs is 3. The highest BCUT2D eigenvalue weighted by atomic mass is 16.7. The van der Waals surface area contributed by atoms with Gasteiger partial charge in [0, 0.05) is 12.6 Å². The first-order chi connectivity index (χ1) is 12.1. The summed E-state index contributed by atoms with van der Waals surface area (Å²) in [4.78, 5) is 16.1. The fraction of sp³-hybridized carbons (Fsp3) is 0.706. The van der Waals surface area contributed by atoms with E-state index in [0.29, 0.717) is 6.42 Å². The molecule has 1 fully saturated rings. The van der Waals surface area contributed by atoms with Crippen LogP contribution in [0.5, 0.6) is 6.01 Å². The third-order valence-electron chi connectivity index (χ3n) is 4.56. The number of nitrogens with one attached hydrogen (secondary N) is 1. The molecule has 2 N–H and O–H groups in total. The van der Waals surface area contributed by atoms with Gasteiger partial charge in [-0.1, -0.05) is 32.6 Å². The van der Waals surface area contributed by atoms with Crippen molar-refractivity contribution in [2.24, 2.45) is 0 Å². The van der Waals surface area contributed by atoms with Gasteiger partial charge in [-0.05, 0) is 12.5 Å². The number of hydrogen-bond acceptors (Lipinski definition) is 7. The third-order valence-corrected chi connectivity index (χ3v) is 4.56. The maximum Gasteiger partial charge on any atom is 0.306 e. The Balaban J connectivity index is 1.59. The fourth-order valence-electron chi connectivity index (χ4n) is 3.25. The number of aromatic nitrogens is 2. The molecule has 0 aromatic carbocycles. The predicted octanol–water partition coefficient (Wildman–Crippen LogP) is 1.29. The van der Waals surface area contributed by atoms with Crippen LogP contribution in [0.3, 0.4) is 0 Å². The van der Waals surface area contributed by atoms with Crippen molar-refractivity contribution in [2.75, 3.05) is 6.61 Å². The summed E-state index contributed by atoms with van der Waals surface area (Å²) in [6.07, 6.45) is 4.88. The van der Waals surface area contributed by atoms with Crippen molar-refractivity contribution in [3.8, 4) is 6.01 Å². The topological polar surface area (TPSA) is 107 Å². The summed E-state index contributed by atoms with van der Waals surface area (Å²) >= 11 is 0. The van der Waals surface area contributed by atoms with Gasteiger partial charge >= 0.3 is 12.0 Å². The SMILES string of the molecule is CCCCCCCC(=O)O[C@@H]1[C@@H]2Oc3nc(=N)ccn3[C@@H]2O[C@@H]1CO. The van der Waals surface area contributed by atoms with Crippen molar-refractivity contribution >= 4 is 5.97 Å². The van der Waals surface area contributed by atoms with E-state index in [-0.39, 0.29) is 24.1 Å². The Hall–Kier alpha value is -1.93. The molecule has 138 valence electrons. The maximum absolute atomic E-state index is 12.1. The summed E-state index contributed by atoms with van der Waals surface area (Å²) in [7, 11) is 0. The summed E-state index contributed by atoms with van der Waals surface area (Å²) < 4.78 is 18.7. The van der Waals surface area contributed by atoms with Gasteiger partial charge in [0.25, 0.3) is 0 Å². The molecule has 0 aliphatic carbocycles. The molecule has 8 nitrogen and oxygen atoms in total. The fourth-order valence-corrected chi connectivity index (χ4v) is 3.25. The molecule has 0 bridgehead atoms. The Bertz CT molecular complexity index is 662. The van der Waals surface area contributed by atoms with Gasteiger partial charge in [-0.25, -0.2) is 0 Å². The number of aliphatic hydroxyl groups is 1. The van der Waals surface area contributed by atoms with Crippen molar-refractivity contribution in [3.05, 3.63) is 17.8 Å². The molecule has 1 aromatic rings.